The molecule has 2 aromatic carbocycles. The minimum absolute atomic E-state index is 0.0103. The van der Waals surface area contributed by atoms with Gasteiger partial charge in [-0.15, -0.1) is 0 Å². The van der Waals surface area contributed by atoms with Gasteiger partial charge < -0.3 is 20.1 Å². The second-order valence-electron chi connectivity index (χ2n) is 7.44. The molecular formula is C21H22FN3O6S. The van der Waals surface area contributed by atoms with Crippen molar-refractivity contribution in [3.05, 3.63) is 42.2 Å². The lowest BCUT2D eigenvalue weighted by Crippen LogP contribution is -2.43. The second-order valence-corrected chi connectivity index (χ2v) is 9.33. The summed E-state index contributed by atoms with van der Waals surface area (Å²) >= 11 is 0. The van der Waals surface area contributed by atoms with E-state index in [9.17, 15) is 22.4 Å². The van der Waals surface area contributed by atoms with E-state index < -0.39 is 33.7 Å². The second kappa shape index (κ2) is 8.75. The fraction of sp³-hybridized carbons (Fsp3) is 0.333. The molecule has 0 saturated carbocycles. The Morgan fingerprint density at radius 1 is 1.06 bits per heavy atom. The van der Waals surface area contributed by atoms with E-state index in [1.807, 2.05) is 0 Å². The van der Waals surface area contributed by atoms with Gasteiger partial charge in [-0.1, -0.05) is 0 Å². The van der Waals surface area contributed by atoms with Crippen LogP contribution in [-0.4, -0.2) is 50.3 Å². The zero-order chi connectivity index (χ0) is 22.9. The van der Waals surface area contributed by atoms with Gasteiger partial charge in [0.1, 0.15) is 25.1 Å². The third kappa shape index (κ3) is 4.39. The van der Waals surface area contributed by atoms with Crippen LogP contribution in [0.2, 0.25) is 0 Å². The number of anilines is 2. The standard InChI is InChI=1S/C21H22FN3O6S/c1-13(26)23-17-11-14(4-6-16(17)22)24-21(27)18-3-2-8-25(18)32(28,29)15-5-7-19-20(12-15)31-10-9-30-19/h4-7,11-12,18H,2-3,8-10H2,1H3,(H,23,26)(H,24,27)/t18-/m0/s1. The average Bonchev–Trinajstić information content (AvgIpc) is 3.26. The first-order valence-corrected chi connectivity index (χ1v) is 11.5. The monoisotopic (exact) mass is 463 g/mol. The van der Waals surface area contributed by atoms with E-state index in [1.54, 1.807) is 0 Å². The van der Waals surface area contributed by atoms with Gasteiger partial charge in [0.05, 0.1) is 10.6 Å². The van der Waals surface area contributed by atoms with E-state index in [4.69, 9.17) is 9.47 Å². The van der Waals surface area contributed by atoms with Crippen molar-refractivity contribution >= 4 is 33.2 Å². The molecule has 2 aliphatic heterocycles. The summed E-state index contributed by atoms with van der Waals surface area (Å²) in [4.78, 5) is 24.2. The summed E-state index contributed by atoms with van der Waals surface area (Å²) in [6, 6.07) is 7.17. The van der Waals surface area contributed by atoms with Gasteiger partial charge in [-0.2, -0.15) is 4.31 Å². The Kier molecular flexibility index (Phi) is 6.02. The highest BCUT2D eigenvalue weighted by atomic mass is 32.2. The maximum Gasteiger partial charge on any atom is 0.243 e. The number of fused-ring (bicyclic) bond motifs is 1. The molecule has 0 spiro atoms. The molecule has 170 valence electrons. The van der Waals surface area contributed by atoms with Gasteiger partial charge >= 0.3 is 0 Å². The summed E-state index contributed by atoms with van der Waals surface area (Å²) < 4.78 is 52.4. The number of amides is 2. The average molecular weight is 463 g/mol. The predicted molar refractivity (Wildman–Crippen MR) is 114 cm³/mol. The number of carbonyl (C=O) groups excluding carboxylic acids is 2. The maximum absolute atomic E-state index is 13.9. The van der Waals surface area contributed by atoms with E-state index in [0.29, 0.717) is 37.6 Å². The van der Waals surface area contributed by atoms with Crippen molar-refractivity contribution in [3.8, 4) is 11.5 Å². The number of nitrogens with one attached hydrogen (secondary N) is 2. The van der Waals surface area contributed by atoms with Gasteiger partial charge in [0, 0.05) is 25.2 Å². The van der Waals surface area contributed by atoms with Crippen LogP contribution in [0.4, 0.5) is 15.8 Å². The quantitative estimate of drug-likeness (QED) is 0.704. The number of rotatable bonds is 5. The Morgan fingerprint density at radius 2 is 1.81 bits per heavy atom. The zero-order valence-electron chi connectivity index (χ0n) is 17.3. The molecule has 1 saturated heterocycles. The molecule has 4 rings (SSSR count). The lowest BCUT2D eigenvalue weighted by molar-refractivity contribution is -0.119. The lowest BCUT2D eigenvalue weighted by Gasteiger charge is -2.25. The largest absolute Gasteiger partial charge is 0.486 e. The molecule has 32 heavy (non-hydrogen) atoms. The molecule has 2 aliphatic rings. The van der Waals surface area contributed by atoms with Gasteiger partial charge in [-0.3, -0.25) is 9.59 Å². The van der Waals surface area contributed by atoms with E-state index in [2.05, 4.69) is 10.6 Å². The van der Waals surface area contributed by atoms with E-state index in [1.165, 1.54) is 37.3 Å². The Morgan fingerprint density at radius 3 is 2.56 bits per heavy atom. The zero-order valence-corrected chi connectivity index (χ0v) is 18.1. The van der Waals surface area contributed by atoms with Gasteiger partial charge in [-0.05, 0) is 43.2 Å². The van der Waals surface area contributed by atoms with Crippen molar-refractivity contribution in [2.45, 2.75) is 30.7 Å². The van der Waals surface area contributed by atoms with Crippen molar-refractivity contribution in [3.63, 3.8) is 0 Å². The lowest BCUT2D eigenvalue weighted by atomic mass is 10.2. The number of hydrogen-bond donors (Lipinski definition) is 2. The molecule has 0 aromatic heterocycles. The summed E-state index contributed by atoms with van der Waals surface area (Å²) in [5.74, 6) is -0.836. The molecule has 2 heterocycles. The van der Waals surface area contributed by atoms with Crippen molar-refractivity contribution in [2.75, 3.05) is 30.4 Å². The van der Waals surface area contributed by atoms with Crippen molar-refractivity contribution < 1.29 is 31.9 Å². The molecule has 2 amide bonds. The number of hydrogen-bond acceptors (Lipinski definition) is 6. The summed E-state index contributed by atoms with van der Waals surface area (Å²) in [6.45, 7) is 2.14. The van der Waals surface area contributed by atoms with E-state index in [-0.39, 0.29) is 22.8 Å². The third-order valence-electron chi connectivity index (χ3n) is 5.17. The highest BCUT2D eigenvalue weighted by Crippen LogP contribution is 2.35. The molecule has 9 nitrogen and oxygen atoms in total. The van der Waals surface area contributed by atoms with Crippen LogP contribution in [0.1, 0.15) is 19.8 Å². The highest BCUT2D eigenvalue weighted by molar-refractivity contribution is 7.89. The fourth-order valence-corrected chi connectivity index (χ4v) is 5.40. The summed E-state index contributed by atoms with van der Waals surface area (Å²) in [6.07, 6.45) is 0.859. The molecule has 2 aromatic rings. The highest BCUT2D eigenvalue weighted by Gasteiger charge is 2.40. The molecule has 1 atom stereocenters. The first-order valence-electron chi connectivity index (χ1n) is 10.1. The van der Waals surface area contributed by atoms with Crippen molar-refractivity contribution in [1.82, 2.24) is 4.31 Å². The Hall–Kier alpha value is -3.18. The normalized spacial score (nSPS) is 18.2. The Bertz CT molecular complexity index is 1170. The van der Waals surface area contributed by atoms with Crippen LogP contribution in [0.5, 0.6) is 11.5 Å². The number of halogens is 1. The minimum Gasteiger partial charge on any atom is -0.486 e. The summed E-state index contributed by atoms with van der Waals surface area (Å²) in [5.41, 5.74) is 0.159. The summed E-state index contributed by atoms with van der Waals surface area (Å²) in [5, 5.41) is 4.96. The third-order valence-corrected chi connectivity index (χ3v) is 7.08. The molecule has 0 unspecified atom stereocenters. The topological polar surface area (TPSA) is 114 Å². The van der Waals surface area contributed by atoms with Crippen LogP contribution in [0, 0.1) is 5.82 Å². The fourth-order valence-electron chi connectivity index (χ4n) is 3.72. The molecule has 1 fully saturated rings. The van der Waals surface area contributed by atoms with Crippen LogP contribution >= 0.6 is 0 Å². The van der Waals surface area contributed by atoms with Crippen LogP contribution < -0.4 is 20.1 Å². The number of benzene rings is 2. The molecular weight excluding hydrogens is 441 g/mol. The number of ether oxygens (including phenoxy) is 2. The van der Waals surface area contributed by atoms with Gasteiger partial charge in [0.2, 0.25) is 21.8 Å². The van der Waals surface area contributed by atoms with Crippen LogP contribution in [-0.2, 0) is 19.6 Å². The number of nitrogens with zero attached hydrogens (tertiary/aromatic N) is 1. The van der Waals surface area contributed by atoms with Crippen molar-refractivity contribution in [1.29, 1.82) is 0 Å². The van der Waals surface area contributed by atoms with Crippen LogP contribution in [0.25, 0.3) is 0 Å². The maximum atomic E-state index is 13.9. The Balaban J connectivity index is 1.54. The first kappa shape index (κ1) is 22.0. The molecule has 2 N–H and O–H groups in total. The SMILES string of the molecule is CC(=O)Nc1cc(NC(=O)[C@@H]2CCCN2S(=O)(=O)c2ccc3c(c2)OCCO3)ccc1F. The molecule has 0 aliphatic carbocycles. The van der Waals surface area contributed by atoms with E-state index >= 15 is 0 Å². The van der Waals surface area contributed by atoms with Crippen molar-refractivity contribution in [2.24, 2.45) is 0 Å². The van der Waals surface area contributed by atoms with Gasteiger partial charge in [0.25, 0.3) is 0 Å². The number of carbonyl (C=O) groups is 2. The minimum atomic E-state index is -3.97. The predicted octanol–water partition coefficient (Wildman–Crippen LogP) is 2.35. The molecule has 11 heteroatoms. The van der Waals surface area contributed by atoms with Crippen LogP contribution in [0.3, 0.4) is 0 Å². The molecule has 0 bridgehead atoms. The van der Waals surface area contributed by atoms with Gasteiger partial charge in [0.15, 0.2) is 11.5 Å². The van der Waals surface area contributed by atoms with Gasteiger partial charge in [-0.25, -0.2) is 12.8 Å². The molecule has 0 radical (unpaired) electrons. The Labute approximate surface area is 184 Å². The first-order chi connectivity index (χ1) is 15.3. The number of sulfonamides is 1. The smallest absolute Gasteiger partial charge is 0.243 e. The van der Waals surface area contributed by atoms with E-state index in [0.717, 1.165) is 10.4 Å². The van der Waals surface area contributed by atoms with Crippen LogP contribution in [0.15, 0.2) is 41.3 Å². The summed E-state index contributed by atoms with van der Waals surface area (Å²) in [7, 11) is -3.97.